The van der Waals surface area contributed by atoms with Gasteiger partial charge in [-0.1, -0.05) is 0 Å². The maximum absolute atomic E-state index is 13.1. The lowest BCUT2D eigenvalue weighted by Gasteiger charge is -2.29. The molecule has 0 radical (unpaired) electrons. The molecule has 0 bridgehead atoms. The van der Waals surface area contributed by atoms with Gasteiger partial charge in [0.05, 0.1) is 13.2 Å². The van der Waals surface area contributed by atoms with Crippen LogP contribution in [0.5, 0.6) is 0 Å². The molecule has 102 valence electrons. The Morgan fingerprint density at radius 2 is 1.74 bits per heavy atom. The summed E-state index contributed by atoms with van der Waals surface area (Å²) in [4.78, 5) is 9.43. The van der Waals surface area contributed by atoms with Crippen molar-refractivity contribution in [3.05, 3.63) is 16.5 Å². The minimum Gasteiger partial charge on any atom is -0.378 e. The van der Waals surface area contributed by atoms with Crippen molar-refractivity contribution < 1.29 is 17.9 Å². The summed E-state index contributed by atoms with van der Waals surface area (Å²) in [6.07, 6.45) is -4.50. The molecule has 2 aromatic heterocycles. The highest BCUT2D eigenvalue weighted by Crippen LogP contribution is 2.36. The number of hydrogen-bond acceptors (Lipinski definition) is 5. The summed E-state index contributed by atoms with van der Waals surface area (Å²) in [6, 6.07) is 0. The molecule has 3 heterocycles. The number of halogens is 3. The predicted molar refractivity (Wildman–Crippen MR) is 65.4 cm³/mol. The van der Waals surface area contributed by atoms with E-state index in [4.69, 9.17) is 4.74 Å². The molecule has 0 N–H and O–H groups in total. The van der Waals surface area contributed by atoms with Crippen molar-refractivity contribution in [3.8, 4) is 0 Å². The van der Waals surface area contributed by atoms with Crippen LogP contribution in [0.15, 0.2) is 10.8 Å². The Bertz CT molecular complexity index is 592. The molecule has 2 aromatic rings. The van der Waals surface area contributed by atoms with Crippen LogP contribution in [-0.4, -0.2) is 36.3 Å². The lowest BCUT2D eigenvalue weighted by molar-refractivity contribution is -0.140. The summed E-state index contributed by atoms with van der Waals surface area (Å²) in [5.41, 5.74) is -0.130. The van der Waals surface area contributed by atoms with Gasteiger partial charge in [-0.05, 0) is 0 Å². The summed E-state index contributed by atoms with van der Waals surface area (Å²) in [5.74, 6) is -0.0956. The third-order valence-corrected chi connectivity index (χ3v) is 3.59. The molecule has 19 heavy (non-hydrogen) atoms. The van der Waals surface area contributed by atoms with Crippen LogP contribution in [0.25, 0.3) is 11.0 Å². The summed E-state index contributed by atoms with van der Waals surface area (Å²) in [6.45, 7) is 1.60. The smallest absolute Gasteiger partial charge is 0.378 e. The number of morpholine rings is 1. The van der Waals surface area contributed by atoms with E-state index in [-0.39, 0.29) is 11.3 Å². The van der Waals surface area contributed by atoms with Crippen LogP contribution in [-0.2, 0) is 10.9 Å². The van der Waals surface area contributed by atoms with Gasteiger partial charge in [0.15, 0.2) is 11.5 Å². The third kappa shape index (κ3) is 2.37. The highest BCUT2D eigenvalue weighted by Gasteiger charge is 2.38. The highest BCUT2D eigenvalue weighted by atomic mass is 32.1. The molecule has 1 saturated heterocycles. The number of aromatic nitrogens is 2. The number of anilines is 1. The third-order valence-electron chi connectivity index (χ3n) is 2.87. The topological polar surface area (TPSA) is 38.2 Å². The van der Waals surface area contributed by atoms with Gasteiger partial charge in [0.2, 0.25) is 0 Å². The van der Waals surface area contributed by atoms with Crippen molar-refractivity contribution in [1.82, 2.24) is 9.97 Å². The molecule has 0 aromatic carbocycles. The monoisotopic (exact) mass is 289 g/mol. The van der Waals surface area contributed by atoms with Crippen molar-refractivity contribution in [3.63, 3.8) is 0 Å². The molecule has 4 nitrogen and oxygen atoms in total. The number of rotatable bonds is 1. The number of ether oxygens (including phenoxy) is 1. The van der Waals surface area contributed by atoms with E-state index in [1.54, 1.807) is 15.7 Å². The fraction of sp³-hybridized carbons (Fsp3) is 0.455. The number of nitrogens with zero attached hydrogens (tertiary/aromatic N) is 3. The minimum absolute atomic E-state index is 0.0956. The zero-order valence-electron chi connectivity index (χ0n) is 9.78. The van der Waals surface area contributed by atoms with Gasteiger partial charge in [-0.3, -0.25) is 0 Å². The average molecular weight is 289 g/mol. The Morgan fingerprint density at radius 3 is 2.37 bits per heavy atom. The van der Waals surface area contributed by atoms with Crippen LogP contribution in [0.2, 0.25) is 0 Å². The number of thiophene rings is 1. The largest absolute Gasteiger partial charge is 0.437 e. The van der Waals surface area contributed by atoms with Crippen molar-refractivity contribution in [1.29, 1.82) is 0 Å². The molecule has 0 saturated carbocycles. The SMILES string of the molecule is FC(F)(F)c1nc2cscc2nc1N1CCOCC1. The standard InChI is InChI=1S/C11H10F3N3OS/c12-11(13,14)9-10(17-1-3-18-4-2-17)16-8-6-19-5-7(8)15-9/h5-6H,1-4H2. The second-order valence-corrected chi connectivity index (χ2v) is 4.88. The second-order valence-electron chi connectivity index (χ2n) is 4.14. The quantitative estimate of drug-likeness (QED) is 0.808. The highest BCUT2D eigenvalue weighted by molar-refractivity contribution is 7.09. The number of fused-ring (bicyclic) bond motifs is 1. The maximum atomic E-state index is 13.1. The van der Waals surface area contributed by atoms with E-state index in [0.29, 0.717) is 31.8 Å². The van der Waals surface area contributed by atoms with Crippen LogP contribution in [0.1, 0.15) is 5.69 Å². The Hall–Kier alpha value is -1.41. The van der Waals surface area contributed by atoms with E-state index in [0.717, 1.165) is 0 Å². The molecule has 1 aliphatic rings. The normalized spacial score (nSPS) is 17.1. The van der Waals surface area contributed by atoms with Gasteiger partial charge < -0.3 is 9.64 Å². The number of alkyl halides is 3. The van der Waals surface area contributed by atoms with Crippen LogP contribution in [0.4, 0.5) is 19.0 Å². The summed E-state index contributed by atoms with van der Waals surface area (Å²) < 4.78 is 44.4. The lowest BCUT2D eigenvalue weighted by Crippen LogP contribution is -2.38. The van der Waals surface area contributed by atoms with Crippen LogP contribution in [0, 0.1) is 0 Å². The Kier molecular flexibility index (Phi) is 3.06. The Morgan fingerprint density at radius 1 is 1.11 bits per heavy atom. The molecule has 0 aliphatic carbocycles. The fourth-order valence-electron chi connectivity index (χ4n) is 1.97. The van der Waals surface area contributed by atoms with Gasteiger partial charge in [-0.15, -0.1) is 11.3 Å². The molecular weight excluding hydrogens is 279 g/mol. The molecule has 0 amide bonds. The van der Waals surface area contributed by atoms with Crippen LogP contribution < -0.4 is 4.90 Å². The van der Waals surface area contributed by atoms with E-state index in [2.05, 4.69) is 9.97 Å². The second kappa shape index (κ2) is 4.61. The Balaban J connectivity index is 2.13. The average Bonchev–Trinajstić information content (AvgIpc) is 2.84. The van der Waals surface area contributed by atoms with E-state index in [1.165, 1.54) is 11.3 Å². The van der Waals surface area contributed by atoms with Gasteiger partial charge in [-0.25, -0.2) is 9.97 Å². The van der Waals surface area contributed by atoms with E-state index in [1.807, 2.05) is 0 Å². The summed E-state index contributed by atoms with van der Waals surface area (Å²) in [7, 11) is 0. The molecule has 8 heteroatoms. The van der Waals surface area contributed by atoms with Crippen molar-refractivity contribution in [2.75, 3.05) is 31.2 Å². The van der Waals surface area contributed by atoms with Crippen molar-refractivity contribution >= 4 is 28.2 Å². The predicted octanol–water partition coefficient (Wildman–Crippen LogP) is 2.55. The van der Waals surface area contributed by atoms with Crippen molar-refractivity contribution in [2.24, 2.45) is 0 Å². The molecule has 0 spiro atoms. The van der Waals surface area contributed by atoms with Crippen molar-refractivity contribution in [2.45, 2.75) is 6.18 Å². The first-order chi connectivity index (χ1) is 9.05. The first kappa shape index (κ1) is 12.6. The zero-order valence-corrected chi connectivity index (χ0v) is 10.6. The van der Waals surface area contributed by atoms with Gasteiger partial charge >= 0.3 is 6.18 Å². The molecular formula is C11H10F3N3OS. The van der Waals surface area contributed by atoms with Gasteiger partial charge in [0.1, 0.15) is 11.0 Å². The number of hydrogen-bond donors (Lipinski definition) is 0. The fourth-order valence-corrected chi connectivity index (χ4v) is 2.65. The maximum Gasteiger partial charge on any atom is 0.437 e. The van der Waals surface area contributed by atoms with Gasteiger partial charge in [-0.2, -0.15) is 13.2 Å². The first-order valence-corrected chi connectivity index (χ1v) is 6.64. The van der Waals surface area contributed by atoms with Crippen LogP contribution >= 0.6 is 11.3 Å². The van der Waals surface area contributed by atoms with Crippen LogP contribution in [0.3, 0.4) is 0 Å². The molecule has 0 atom stereocenters. The zero-order chi connectivity index (χ0) is 13.5. The summed E-state index contributed by atoms with van der Waals surface area (Å²) in [5, 5.41) is 3.27. The molecule has 0 unspecified atom stereocenters. The van der Waals surface area contributed by atoms with Gasteiger partial charge in [0, 0.05) is 23.8 Å². The molecule has 3 rings (SSSR count). The molecule has 1 fully saturated rings. The first-order valence-electron chi connectivity index (χ1n) is 5.69. The lowest BCUT2D eigenvalue weighted by atomic mass is 10.3. The van der Waals surface area contributed by atoms with Gasteiger partial charge in [0.25, 0.3) is 0 Å². The minimum atomic E-state index is -4.50. The van der Waals surface area contributed by atoms with E-state index >= 15 is 0 Å². The summed E-state index contributed by atoms with van der Waals surface area (Å²) >= 11 is 1.29. The van der Waals surface area contributed by atoms with E-state index in [9.17, 15) is 13.2 Å². The molecule has 1 aliphatic heterocycles. The Labute approximate surface area is 110 Å². The van der Waals surface area contributed by atoms with E-state index < -0.39 is 11.9 Å².